The highest BCUT2D eigenvalue weighted by molar-refractivity contribution is 7.98. The Morgan fingerprint density at radius 1 is 1.12 bits per heavy atom. The fourth-order valence-electron chi connectivity index (χ4n) is 2.61. The number of aryl methyl sites for hydroxylation is 1. The molecule has 1 aromatic carbocycles. The van der Waals surface area contributed by atoms with Crippen LogP contribution in [0.25, 0.3) is 0 Å². The van der Waals surface area contributed by atoms with Crippen molar-refractivity contribution in [2.45, 2.75) is 63.6 Å². The maximum absolute atomic E-state index is 11.9. The van der Waals surface area contributed by atoms with Gasteiger partial charge in [-0.05, 0) is 42.0 Å². The van der Waals surface area contributed by atoms with Crippen LogP contribution in [0.3, 0.4) is 0 Å². The monoisotopic (exact) mass is 376 g/mol. The van der Waals surface area contributed by atoms with Crippen molar-refractivity contribution in [1.82, 2.24) is 20.2 Å². The van der Waals surface area contributed by atoms with Crippen molar-refractivity contribution in [2.24, 2.45) is 0 Å². The predicted octanol–water partition coefficient (Wildman–Crippen LogP) is 3.95. The molecule has 0 amide bonds. The van der Waals surface area contributed by atoms with Gasteiger partial charge in [-0.3, -0.25) is 4.79 Å². The summed E-state index contributed by atoms with van der Waals surface area (Å²) >= 11 is 1.39. The number of tetrazole rings is 1. The van der Waals surface area contributed by atoms with Crippen molar-refractivity contribution >= 4 is 17.5 Å². The van der Waals surface area contributed by atoms with Gasteiger partial charge in [0.25, 0.3) is 0 Å². The van der Waals surface area contributed by atoms with Gasteiger partial charge in [-0.15, -0.1) is 10.2 Å². The van der Waals surface area contributed by atoms with Crippen molar-refractivity contribution in [2.75, 3.05) is 12.9 Å². The van der Waals surface area contributed by atoms with E-state index in [1.54, 1.807) is 0 Å². The average Bonchev–Trinajstić information content (AvgIpc) is 3.11. The number of aromatic nitrogens is 4. The first-order valence-electron chi connectivity index (χ1n) is 9.26. The third-order valence-corrected chi connectivity index (χ3v) is 4.61. The molecular weight excluding hydrogens is 348 g/mol. The summed E-state index contributed by atoms with van der Waals surface area (Å²) in [4.78, 5) is 13.2. The standard InChI is InChI=1S/C19H28N4O2S/c1-3-4-5-6-7-8-9-16-10-12-18(13-11-16)25-15-17(24)14-23-21-19(26-2)20-22-23/h10-13H,3-9,14-15H2,1-2H3. The molecule has 142 valence electrons. The zero-order valence-electron chi connectivity index (χ0n) is 15.7. The van der Waals surface area contributed by atoms with E-state index in [0.717, 1.165) is 6.42 Å². The lowest BCUT2D eigenvalue weighted by atomic mass is 10.0. The Kier molecular flexibility index (Phi) is 9.17. The Bertz CT molecular complexity index is 658. The molecule has 2 rings (SSSR count). The molecule has 26 heavy (non-hydrogen) atoms. The van der Waals surface area contributed by atoms with Crippen LogP contribution in [0.4, 0.5) is 0 Å². The zero-order valence-corrected chi connectivity index (χ0v) is 16.5. The van der Waals surface area contributed by atoms with Crippen LogP contribution in [0.5, 0.6) is 5.75 Å². The van der Waals surface area contributed by atoms with E-state index in [9.17, 15) is 4.79 Å². The molecule has 2 aromatic rings. The minimum absolute atomic E-state index is 0.00686. The molecule has 7 heteroatoms. The summed E-state index contributed by atoms with van der Waals surface area (Å²) in [6.45, 7) is 2.32. The number of benzene rings is 1. The second-order valence-electron chi connectivity index (χ2n) is 6.30. The maximum atomic E-state index is 11.9. The zero-order chi connectivity index (χ0) is 18.6. The molecule has 0 saturated heterocycles. The lowest BCUT2D eigenvalue weighted by Gasteiger charge is -2.07. The first kappa shape index (κ1) is 20.4. The summed E-state index contributed by atoms with van der Waals surface area (Å²) in [7, 11) is 0. The van der Waals surface area contributed by atoms with E-state index in [1.165, 1.54) is 60.6 Å². The molecule has 0 radical (unpaired) electrons. The van der Waals surface area contributed by atoms with Gasteiger partial charge in [0.1, 0.15) is 18.9 Å². The van der Waals surface area contributed by atoms with Gasteiger partial charge in [-0.1, -0.05) is 62.9 Å². The van der Waals surface area contributed by atoms with Gasteiger partial charge in [0.05, 0.1) is 0 Å². The number of ether oxygens (including phenoxy) is 1. The Morgan fingerprint density at radius 2 is 1.85 bits per heavy atom. The number of carbonyl (C=O) groups excluding carboxylic acids is 1. The molecule has 0 bridgehead atoms. The molecular formula is C19H28N4O2S. The van der Waals surface area contributed by atoms with Crippen LogP contribution in [0.15, 0.2) is 29.4 Å². The van der Waals surface area contributed by atoms with Crippen molar-refractivity contribution < 1.29 is 9.53 Å². The van der Waals surface area contributed by atoms with E-state index in [2.05, 4.69) is 34.5 Å². The quantitative estimate of drug-likeness (QED) is 0.389. The van der Waals surface area contributed by atoms with Gasteiger partial charge >= 0.3 is 0 Å². The molecule has 0 aliphatic rings. The summed E-state index contributed by atoms with van der Waals surface area (Å²) in [5, 5.41) is 12.3. The van der Waals surface area contributed by atoms with Gasteiger partial charge in [0.2, 0.25) is 5.16 Å². The minimum Gasteiger partial charge on any atom is -0.486 e. The van der Waals surface area contributed by atoms with Gasteiger partial charge in [0.15, 0.2) is 5.78 Å². The number of Topliss-reactive ketones (excluding diaryl/α,β-unsaturated/α-hetero) is 1. The fraction of sp³-hybridized carbons (Fsp3) is 0.579. The molecule has 0 fully saturated rings. The topological polar surface area (TPSA) is 69.9 Å². The Hall–Kier alpha value is -1.89. The van der Waals surface area contributed by atoms with E-state index in [4.69, 9.17) is 4.74 Å². The molecule has 0 N–H and O–H groups in total. The predicted molar refractivity (Wildman–Crippen MR) is 104 cm³/mol. The number of hydrogen-bond acceptors (Lipinski definition) is 6. The van der Waals surface area contributed by atoms with Crippen LogP contribution in [0, 0.1) is 0 Å². The number of hydrogen-bond donors (Lipinski definition) is 0. The Balaban J connectivity index is 1.65. The van der Waals surface area contributed by atoms with Crippen LogP contribution in [-0.2, 0) is 17.8 Å². The molecule has 0 saturated carbocycles. The first-order chi connectivity index (χ1) is 12.7. The van der Waals surface area contributed by atoms with Gasteiger partial charge in [0, 0.05) is 0 Å². The number of rotatable bonds is 13. The number of thioether (sulfide) groups is 1. The smallest absolute Gasteiger partial charge is 0.230 e. The molecule has 0 unspecified atom stereocenters. The Labute approximate surface area is 159 Å². The van der Waals surface area contributed by atoms with Crippen molar-refractivity contribution in [3.8, 4) is 5.75 Å². The summed E-state index contributed by atoms with van der Waals surface area (Å²) in [5.74, 6) is 0.618. The van der Waals surface area contributed by atoms with Crippen LogP contribution in [-0.4, -0.2) is 38.9 Å². The highest BCUT2D eigenvalue weighted by Gasteiger charge is 2.08. The van der Waals surface area contributed by atoms with Gasteiger partial charge in [-0.25, -0.2) is 0 Å². The van der Waals surface area contributed by atoms with E-state index >= 15 is 0 Å². The number of nitrogens with zero attached hydrogens (tertiary/aromatic N) is 4. The second-order valence-corrected chi connectivity index (χ2v) is 7.07. The van der Waals surface area contributed by atoms with E-state index in [0.29, 0.717) is 10.9 Å². The number of carbonyl (C=O) groups is 1. The molecule has 6 nitrogen and oxygen atoms in total. The van der Waals surface area contributed by atoms with Gasteiger partial charge in [-0.2, -0.15) is 4.80 Å². The molecule has 1 heterocycles. The minimum atomic E-state index is -0.0915. The normalized spacial score (nSPS) is 10.8. The SMILES string of the molecule is CCCCCCCCc1ccc(OCC(=O)Cn2nnc(SC)n2)cc1. The number of unbranched alkanes of at least 4 members (excludes halogenated alkanes) is 5. The third-order valence-electron chi connectivity index (χ3n) is 4.08. The van der Waals surface area contributed by atoms with Crippen LogP contribution < -0.4 is 4.74 Å². The second kappa shape index (κ2) is 11.7. The Morgan fingerprint density at radius 3 is 2.54 bits per heavy atom. The molecule has 0 spiro atoms. The summed E-state index contributed by atoms with van der Waals surface area (Å²) in [6.07, 6.45) is 10.8. The summed E-state index contributed by atoms with van der Waals surface area (Å²) in [5.41, 5.74) is 1.32. The van der Waals surface area contributed by atoms with Crippen LogP contribution in [0.1, 0.15) is 51.0 Å². The van der Waals surface area contributed by atoms with E-state index in [-0.39, 0.29) is 18.9 Å². The third kappa shape index (κ3) is 7.56. The lowest BCUT2D eigenvalue weighted by molar-refractivity contribution is -0.122. The lowest BCUT2D eigenvalue weighted by Crippen LogP contribution is -2.19. The molecule has 0 aliphatic heterocycles. The van der Waals surface area contributed by atoms with Crippen molar-refractivity contribution in [3.05, 3.63) is 29.8 Å². The molecule has 0 aliphatic carbocycles. The first-order valence-corrected chi connectivity index (χ1v) is 10.5. The van der Waals surface area contributed by atoms with Crippen molar-refractivity contribution in [3.63, 3.8) is 0 Å². The summed E-state index contributed by atoms with van der Waals surface area (Å²) in [6, 6.07) is 8.02. The average molecular weight is 377 g/mol. The maximum Gasteiger partial charge on any atom is 0.230 e. The largest absolute Gasteiger partial charge is 0.486 e. The van der Waals surface area contributed by atoms with Gasteiger partial charge < -0.3 is 4.74 Å². The summed E-state index contributed by atoms with van der Waals surface area (Å²) < 4.78 is 5.55. The van der Waals surface area contributed by atoms with E-state index < -0.39 is 0 Å². The van der Waals surface area contributed by atoms with E-state index in [1.807, 2.05) is 18.4 Å². The van der Waals surface area contributed by atoms with Crippen LogP contribution in [0.2, 0.25) is 0 Å². The molecule has 1 aromatic heterocycles. The fourth-order valence-corrected chi connectivity index (χ4v) is 2.90. The van der Waals surface area contributed by atoms with Crippen molar-refractivity contribution in [1.29, 1.82) is 0 Å². The highest BCUT2D eigenvalue weighted by atomic mass is 32.2. The molecule has 0 atom stereocenters. The highest BCUT2D eigenvalue weighted by Crippen LogP contribution is 2.15. The van der Waals surface area contributed by atoms with Crippen LogP contribution >= 0.6 is 11.8 Å². The number of ketones is 1.